The van der Waals surface area contributed by atoms with Crippen molar-refractivity contribution >= 4 is 38.7 Å². The lowest BCUT2D eigenvalue weighted by Crippen LogP contribution is -2.14. The number of ketones is 1. The Hall–Kier alpha value is -5.63. The number of benzene rings is 6. The second-order valence-electron chi connectivity index (χ2n) is 16.7. The van der Waals surface area contributed by atoms with Crippen molar-refractivity contribution in [2.75, 3.05) is 10.6 Å². The van der Waals surface area contributed by atoms with Crippen LogP contribution in [0.3, 0.4) is 0 Å². The highest BCUT2D eigenvalue weighted by molar-refractivity contribution is 7.85. The van der Waals surface area contributed by atoms with Crippen LogP contribution in [-0.2, 0) is 10.1 Å². The van der Waals surface area contributed by atoms with Crippen LogP contribution in [0.5, 0.6) is 0 Å². The monoisotopic (exact) mass is 804 g/mol. The molecule has 2 N–H and O–H groups in total. The zero-order valence-electron chi connectivity index (χ0n) is 36.4. The van der Waals surface area contributed by atoms with Crippen LogP contribution < -0.4 is 10.6 Å². The van der Waals surface area contributed by atoms with Gasteiger partial charge in [0.2, 0.25) is 0 Å². The Kier molecular flexibility index (Phi) is 12.3. The zero-order chi connectivity index (χ0) is 43.1. The van der Waals surface area contributed by atoms with Crippen molar-refractivity contribution in [3.63, 3.8) is 0 Å². The number of carbonyl (C=O) groups excluding carboxylic acids is 1. The van der Waals surface area contributed by atoms with Crippen molar-refractivity contribution in [3.8, 4) is 0 Å². The van der Waals surface area contributed by atoms with Crippen molar-refractivity contribution in [1.29, 1.82) is 0 Å². The average molecular weight is 805 g/mol. The molecule has 0 heterocycles. The number of nitrogens with one attached hydrogen (secondary N) is 2. The van der Waals surface area contributed by atoms with E-state index in [1.807, 2.05) is 24.3 Å². The lowest BCUT2D eigenvalue weighted by atomic mass is 9.81. The summed E-state index contributed by atoms with van der Waals surface area (Å²) in [5.41, 5.74) is 17.9. The predicted molar refractivity (Wildman–Crippen MR) is 243 cm³/mol. The lowest BCUT2D eigenvalue weighted by molar-refractivity contribution is 0.103. The van der Waals surface area contributed by atoms with Gasteiger partial charge in [-0.2, -0.15) is 0 Å². The van der Waals surface area contributed by atoms with E-state index in [0.717, 1.165) is 56.1 Å². The van der Waals surface area contributed by atoms with Crippen molar-refractivity contribution in [2.24, 2.45) is 0 Å². The summed E-state index contributed by atoms with van der Waals surface area (Å²) in [6, 6.07) is 29.8. The van der Waals surface area contributed by atoms with Crippen LogP contribution in [0.4, 0.5) is 22.7 Å². The van der Waals surface area contributed by atoms with E-state index in [0.29, 0.717) is 11.5 Å². The summed E-state index contributed by atoms with van der Waals surface area (Å²) in [6.45, 7) is 25.6. The maximum atomic E-state index is 13.6. The third-order valence-electron chi connectivity index (χ3n) is 12.0. The molecule has 0 atom stereocenters. The first-order chi connectivity index (χ1) is 27.8. The third-order valence-corrected chi connectivity index (χ3v) is 12.9. The van der Waals surface area contributed by atoms with Gasteiger partial charge in [-0.1, -0.05) is 70.2 Å². The van der Waals surface area contributed by atoms with Gasteiger partial charge >= 0.3 is 0 Å². The van der Waals surface area contributed by atoms with Crippen LogP contribution in [-0.4, -0.2) is 18.8 Å². The topological polar surface area (TPSA) is 98.3 Å². The molecule has 0 saturated heterocycles. The van der Waals surface area contributed by atoms with E-state index >= 15 is 0 Å². The third kappa shape index (κ3) is 8.73. The molecule has 0 aliphatic heterocycles. The highest BCUT2D eigenvalue weighted by Gasteiger charge is 2.31. The number of hydrogen-bond donors (Lipinski definition) is 2. The number of anilines is 4. The lowest BCUT2D eigenvalue weighted by Gasteiger charge is -2.24. The molecule has 6 aromatic carbocycles. The molecule has 0 bridgehead atoms. The molecule has 304 valence electrons. The number of aryl methyl sites for hydroxylation is 4. The van der Waals surface area contributed by atoms with Gasteiger partial charge in [0.25, 0.3) is 0 Å². The van der Waals surface area contributed by atoms with Crippen LogP contribution in [0.2, 0.25) is 0 Å². The second kappa shape index (κ2) is 16.9. The highest BCUT2D eigenvalue weighted by atomic mass is 32.2. The quantitative estimate of drug-likeness (QED) is 0.0553. The summed E-state index contributed by atoms with van der Waals surface area (Å²) in [5, 5.41) is 7.49. The van der Waals surface area contributed by atoms with Crippen molar-refractivity contribution < 1.29 is 17.8 Å². The van der Waals surface area contributed by atoms with Gasteiger partial charge in [-0.3, -0.25) is 4.79 Å². The molecule has 0 saturated carbocycles. The zero-order valence-corrected chi connectivity index (χ0v) is 37.3. The predicted octanol–water partition coefficient (Wildman–Crippen LogP) is 13.0. The fourth-order valence-corrected chi connectivity index (χ4v) is 8.86. The Bertz CT molecular complexity index is 2570. The summed E-state index contributed by atoms with van der Waals surface area (Å²) < 4.78 is 40.0. The molecule has 59 heavy (non-hydrogen) atoms. The molecule has 6 aromatic rings. The first-order valence-electron chi connectivity index (χ1n) is 20.3. The van der Waals surface area contributed by atoms with Crippen LogP contribution in [0.15, 0.2) is 102 Å². The van der Waals surface area contributed by atoms with E-state index in [-0.39, 0.29) is 28.7 Å². The minimum absolute atomic E-state index is 0.0849. The highest BCUT2D eigenvalue weighted by Crippen LogP contribution is 2.42. The average Bonchev–Trinajstić information content (AvgIpc) is 3.19. The van der Waals surface area contributed by atoms with Crippen LogP contribution in [0, 0.1) is 61.3 Å². The fourth-order valence-electron chi connectivity index (χ4n) is 8.15. The molecule has 0 amide bonds. The van der Waals surface area contributed by atoms with Crippen LogP contribution in [0.25, 0.3) is 0 Å². The first-order valence-corrected chi connectivity index (χ1v) is 21.7. The van der Waals surface area contributed by atoms with E-state index in [9.17, 15) is 17.8 Å². The molecule has 7 heteroatoms. The molecule has 0 fully saturated rings. The number of hydrogen-bond acceptors (Lipinski definition) is 6. The molecule has 0 aliphatic rings. The van der Waals surface area contributed by atoms with Gasteiger partial charge in [0.15, 0.2) is 5.78 Å². The van der Waals surface area contributed by atoms with Crippen molar-refractivity contribution in [3.05, 3.63) is 186 Å². The molecule has 0 aliphatic carbocycles. The smallest absolute Gasteiger partial charge is 0.194 e. The summed E-state index contributed by atoms with van der Waals surface area (Å²) >= 11 is 0. The molecule has 0 aromatic heterocycles. The van der Waals surface area contributed by atoms with Crippen LogP contribution >= 0.6 is 0 Å². The van der Waals surface area contributed by atoms with Gasteiger partial charge in [-0.15, -0.1) is 0 Å². The Morgan fingerprint density at radius 1 is 0.542 bits per heavy atom. The SMILES string of the molecule is Cc1cc(C)c(Nc2ccc([C+](c3ccc(Nc4c(C)cc(C)c(C)c4C)c(C(C)C)c3)c3ccc(C(=O)c4ccccc4)cc3S(=O)(=O)[O-])cc2C(C)C)c(C)c1C. The maximum Gasteiger partial charge on any atom is 0.194 e. The molecular weight excluding hydrogens is 749 g/mol. The van der Waals surface area contributed by atoms with Gasteiger partial charge in [-0.25, -0.2) is 8.42 Å². The Morgan fingerprint density at radius 3 is 1.42 bits per heavy atom. The minimum atomic E-state index is -5.07. The summed E-state index contributed by atoms with van der Waals surface area (Å²) in [4.78, 5) is 13.2. The number of carbonyl (C=O) groups is 1. The maximum absolute atomic E-state index is 13.6. The van der Waals surface area contributed by atoms with Crippen molar-refractivity contribution in [2.45, 2.75) is 99.8 Å². The van der Waals surface area contributed by atoms with E-state index in [4.69, 9.17) is 0 Å². The van der Waals surface area contributed by atoms with Gasteiger partial charge in [0, 0.05) is 33.6 Å². The van der Waals surface area contributed by atoms with Gasteiger partial charge in [0.05, 0.1) is 34.0 Å². The summed E-state index contributed by atoms with van der Waals surface area (Å²) in [6.07, 6.45) is 0. The van der Waals surface area contributed by atoms with Gasteiger partial charge in [-0.05, 0) is 166 Å². The van der Waals surface area contributed by atoms with E-state index in [1.165, 1.54) is 39.4 Å². The van der Waals surface area contributed by atoms with E-state index in [2.05, 4.69) is 118 Å². The molecule has 0 unspecified atom stereocenters. The Labute approximate surface area is 351 Å². The first kappa shape index (κ1) is 43.0. The van der Waals surface area contributed by atoms with E-state index in [1.54, 1.807) is 42.5 Å². The Morgan fingerprint density at radius 2 is 1.00 bits per heavy atom. The molecular formula is C52H56N2O4S. The fraction of sp³-hybridized carbons (Fsp3) is 0.269. The Balaban J connectivity index is 1.58. The van der Waals surface area contributed by atoms with E-state index < -0.39 is 15.0 Å². The normalized spacial score (nSPS) is 11.6. The molecule has 0 spiro atoms. The second-order valence-corrected chi connectivity index (χ2v) is 18.0. The minimum Gasteiger partial charge on any atom is -0.739 e. The van der Waals surface area contributed by atoms with Gasteiger partial charge in [0.1, 0.15) is 15.0 Å². The summed E-state index contributed by atoms with van der Waals surface area (Å²) in [5.74, 6) is 0.382. The van der Waals surface area contributed by atoms with Crippen LogP contribution in [0.1, 0.15) is 128 Å². The standard InChI is InChI=1S/C52H56N2O4S/c1-29(2)44-26-40(19-22-46(44)53-50-33(7)24-31(5)35(9)37(50)11)49(43-21-18-42(28-48(43)59(56,57)58)52(55)39-16-14-13-15-17-39)41-20-23-47(45(27-41)30(3)4)54-51-34(8)25-32(6)36(10)38(51)12/h13-30,53-54H,1-12H3. The molecule has 0 radical (unpaired) electrons. The molecule has 6 rings (SSSR count). The van der Waals surface area contributed by atoms with Crippen molar-refractivity contribution in [1.82, 2.24) is 0 Å². The largest absolute Gasteiger partial charge is 0.739 e. The van der Waals surface area contributed by atoms with Gasteiger partial charge < -0.3 is 15.2 Å². The number of rotatable bonds is 12. The summed E-state index contributed by atoms with van der Waals surface area (Å²) in [7, 11) is -5.07. The molecule has 6 nitrogen and oxygen atoms in total.